The summed E-state index contributed by atoms with van der Waals surface area (Å²) in [5, 5.41) is 10.2. The Morgan fingerprint density at radius 2 is 2.04 bits per heavy atom. The number of nitrogens with zero attached hydrogens (tertiary/aromatic N) is 2. The van der Waals surface area contributed by atoms with E-state index in [1.807, 2.05) is 32.2 Å². The van der Waals surface area contributed by atoms with Crippen LogP contribution in [0.3, 0.4) is 0 Å². The van der Waals surface area contributed by atoms with Gasteiger partial charge in [0.1, 0.15) is 5.75 Å². The fourth-order valence-electron chi connectivity index (χ4n) is 4.19. The van der Waals surface area contributed by atoms with Crippen molar-refractivity contribution in [1.82, 2.24) is 9.88 Å². The van der Waals surface area contributed by atoms with Gasteiger partial charge in [0, 0.05) is 11.9 Å². The Kier molecular flexibility index (Phi) is 4.64. The number of rotatable bonds is 3. The first kappa shape index (κ1) is 18.0. The van der Waals surface area contributed by atoms with E-state index in [1.54, 1.807) is 4.90 Å². The van der Waals surface area contributed by atoms with Gasteiger partial charge in [0.25, 0.3) is 5.91 Å². The van der Waals surface area contributed by atoms with E-state index in [0.717, 1.165) is 53.6 Å². The molecule has 5 nitrogen and oxygen atoms in total. The highest BCUT2D eigenvalue weighted by atomic mass is 16.5. The van der Waals surface area contributed by atoms with Crippen molar-refractivity contribution >= 4 is 5.91 Å². The van der Waals surface area contributed by atoms with Crippen LogP contribution in [0.4, 0.5) is 0 Å². The van der Waals surface area contributed by atoms with Gasteiger partial charge in [0.05, 0.1) is 17.7 Å². The van der Waals surface area contributed by atoms with Crippen LogP contribution in [-0.2, 0) is 6.42 Å². The number of amides is 1. The molecule has 4 rings (SSSR count). The summed E-state index contributed by atoms with van der Waals surface area (Å²) in [5.41, 5.74) is 6.00. The van der Waals surface area contributed by atoms with Crippen molar-refractivity contribution in [2.75, 3.05) is 6.73 Å². The first-order valence-corrected chi connectivity index (χ1v) is 9.62. The van der Waals surface area contributed by atoms with E-state index >= 15 is 0 Å². The summed E-state index contributed by atoms with van der Waals surface area (Å²) in [5.74, 6) is 0.653. The molecule has 1 saturated carbocycles. The summed E-state index contributed by atoms with van der Waals surface area (Å²) in [6.45, 7) is 6.28. The molecule has 0 bridgehead atoms. The first-order valence-electron chi connectivity index (χ1n) is 9.62. The van der Waals surface area contributed by atoms with Crippen LogP contribution in [-0.4, -0.2) is 39.8 Å². The second-order valence-corrected chi connectivity index (χ2v) is 7.76. The van der Waals surface area contributed by atoms with Crippen molar-refractivity contribution in [1.29, 1.82) is 0 Å². The molecule has 2 aromatic rings. The quantitative estimate of drug-likeness (QED) is 0.905. The predicted octanol–water partition coefficient (Wildman–Crippen LogP) is 3.30. The Bertz CT molecular complexity index is 876. The van der Waals surface area contributed by atoms with E-state index in [4.69, 9.17) is 4.74 Å². The van der Waals surface area contributed by atoms with Crippen molar-refractivity contribution < 1.29 is 14.6 Å². The molecule has 1 aliphatic carbocycles. The number of benzene rings is 1. The molecule has 2 aliphatic rings. The minimum Gasteiger partial charge on any atom is -0.472 e. The Labute approximate surface area is 160 Å². The number of fused-ring (bicyclic) bond motifs is 1. The molecule has 5 heteroatoms. The maximum absolute atomic E-state index is 13.2. The molecule has 2 heterocycles. The maximum atomic E-state index is 13.2. The summed E-state index contributed by atoms with van der Waals surface area (Å²) < 4.78 is 5.98. The number of ether oxygens (including phenoxy) is 1. The van der Waals surface area contributed by atoms with Gasteiger partial charge in [0.15, 0.2) is 6.73 Å². The lowest BCUT2D eigenvalue weighted by atomic mass is 9.93. The molecule has 27 heavy (non-hydrogen) atoms. The van der Waals surface area contributed by atoms with Gasteiger partial charge in [-0.25, -0.2) is 0 Å². The number of carbonyl (C=O) groups excluding carboxylic acids is 1. The lowest BCUT2D eigenvalue weighted by molar-refractivity contribution is 0.0125. The Hall–Kier alpha value is -2.40. The number of aliphatic hydroxyl groups excluding tert-OH is 1. The van der Waals surface area contributed by atoms with Gasteiger partial charge in [-0.2, -0.15) is 0 Å². The molecule has 1 N–H and O–H groups in total. The number of aromatic nitrogens is 1. The van der Waals surface area contributed by atoms with Crippen LogP contribution >= 0.6 is 0 Å². The smallest absolute Gasteiger partial charge is 0.260 e. The van der Waals surface area contributed by atoms with Gasteiger partial charge >= 0.3 is 0 Å². The minimum atomic E-state index is -0.455. The van der Waals surface area contributed by atoms with Gasteiger partial charge in [-0.15, -0.1) is 0 Å². The normalized spacial score (nSPS) is 21.9. The van der Waals surface area contributed by atoms with Crippen molar-refractivity contribution in [2.45, 2.75) is 58.6 Å². The van der Waals surface area contributed by atoms with Crippen molar-refractivity contribution in [3.63, 3.8) is 0 Å². The highest BCUT2D eigenvalue weighted by Gasteiger charge is 2.38. The molecule has 0 spiro atoms. The van der Waals surface area contributed by atoms with Crippen molar-refractivity contribution in [2.24, 2.45) is 0 Å². The molecule has 1 aromatic carbocycles. The average Bonchev–Trinajstić information content (AvgIpc) is 3.08. The van der Waals surface area contributed by atoms with Crippen LogP contribution in [0.25, 0.3) is 0 Å². The number of hydrogen-bond acceptors (Lipinski definition) is 4. The monoisotopic (exact) mass is 366 g/mol. The van der Waals surface area contributed by atoms with Crippen LogP contribution < -0.4 is 4.74 Å². The minimum absolute atomic E-state index is 0.0337. The summed E-state index contributed by atoms with van der Waals surface area (Å²) in [6.07, 6.45) is 4.69. The van der Waals surface area contributed by atoms with E-state index in [1.165, 1.54) is 0 Å². The Morgan fingerprint density at radius 1 is 1.22 bits per heavy atom. The van der Waals surface area contributed by atoms with Gasteiger partial charge in [0.2, 0.25) is 0 Å². The van der Waals surface area contributed by atoms with Crippen LogP contribution in [0.15, 0.2) is 24.4 Å². The molecule has 1 aromatic heterocycles. The third-order valence-electron chi connectivity index (χ3n) is 6.00. The van der Waals surface area contributed by atoms with Crippen molar-refractivity contribution in [3.05, 3.63) is 57.9 Å². The average molecular weight is 366 g/mol. The molecule has 2 atom stereocenters. The van der Waals surface area contributed by atoms with Crippen molar-refractivity contribution in [3.8, 4) is 5.75 Å². The lowest BCUT2D eigenvalue weighted by Crippen LogP contribution is -2.48. The molecule has 1 fully saturated rings. The first-order chi connectivity index (χ1) is 13.0. The molecule has 142 valence electrons. The number of aliphatic hydroxyl groups is 1. The third-order valence-corrected chi connectivity index (χ3v) is 6.00. The zero-order valence-electron chi connectivity index (χ0n) is 16.2. The molecular formula is C22H26N2O3. The zero-order valence-corrected chi connectivity index (χ0v) is 16.2. The molecular weight excluding hydrogens is 340 g/mol. The predicted molar refractivity (Wildman–Crippen MR) is 103 cm³/mol. The van der Waals surface area contributed by atoms with E-state index in [-0.39, 0.29) is 18.7 Å². The zero-order chi connectivity index (χ0) is 19.1. The summed E-state index contributed by atoms with van der Waals surface area (Å²) in [6, 6.07) is 5.91. The second kappa shape index (κ2) is 6.97. The summed E-state index contributed by atoms with van der Waals surface area (Å²) in [4.78, 5) is 19.3. The number of pyridine rings is 1. The molecule has 1 amide bonds. The van der Waals surface area contributed by atoms with E-state index in [2.05, 4.69) is 18.0 Å². The Balaban J connectivity index is 1.68. The molecule has 1 aliphatic heterocycles. The molecule has 0 saturated heterocycles. The highest BCUT2D eigenvalue weighted by Crippen LogP contribution is 2.36. The van der Waals surface area contributed by atoms with E-state index in [9.17, 15) is 9.90 Å². The maximum Gasteiger partial charge on any atom is 0.260 e. The topological polar surface area (TPSA) is 62.7 Å². The van der Waals surface area contributed by atoms with Crippen LogP contribution in [0.1, 0.15) is 57.6 Å². The largest absolute Gasteiger partial charge is 0.472 e. The third kappa shape index (κ3) is 3.21. The van der Waals surface area contributed by atoms with Gasteiger partial charge < -0.3 is 9.84 Å². The number of carbonyl (C=O) groups is 1. The number of hydrogen-bond donors (Lipinski definition) is 1. The highest BCUT2D eigenvalue weighted by molar-refractivity contribution is 5.99. The van der Waals surface area contributed by atoms with Gasteiger partial charge in [-0.1, -0.05) is 6.07 Å². The summed E-state index contributed by atoms with van der Waals surface area (Å²) >= 11 is 0. The Morgan fingerprint density at radius 3 is 2.70 bits per heavy atom. The fraction of sp³-hybridized carbons (Fsp3) is 0.455. The van der Waals surface area contributed by atoms with Crippen LogP contribution in [0, 0.1) is 20.8 Å². The van der Waals surface area contributed by atoms with Crippen LogP contribution in [0.5, 0.6) is 5.75 Å². The van der Waals surface area contributed by atoms with Gasteiger partial charge in [-0.05, 0) is 80.8 Å². The number of aryl methyl sites for hydroxylation is 1. The SMILES string of the molecule is Cc1ccc(Cc2cc3c(c(C)c2C)OCN([C@H]2CCC[C@@H]2O)C3=O)cn1. The van der Waals surface area contributed by atoms with E-state index < -0.39 is 6.10 Å². The standard InChI is InChI=1S/C22H26N2O3/c1-13-7-8-16(11-23-13)9-17-10-18-21(15(3)14(17)2)27-12-24(22(18)26)19-5-4-6-20(19)25/h7-8,10-11,19-20,25H,4-6,9,12H2,1-3H3/t19-,20-/m0/s1. The lowest BCUT2D eigenvalue weighted by Gasteiger charge is -2.36. The molecule has 0 radical (unpaired) electrons. The fourth-order valence-corrected chi connectivity index (χ4v) is 4.19. The van der Waals surface area contributed by atoms with Crippen LogP contribution in [0.2, 0.25) is 0 Å². The summed E-state index contributed by atoms with van der Waals surface area (Å²) in [7, 11) is 0. The van der Waals surface area contributed by atoms with E-state index in [0.29, 0.717) is 11.3 Å². The second-order valence-electron chi connectivity index (χ2n) is 7.76. The molecule has 0 unspecified atom stereocenters. The van der Waals surface area contributed by atoms with Gasteiger partial charge in [-0.3, -0.25) is 14.7 Å².